The number of carbonyl (C=O) groups excluding carboxylic acids is 1. The van der Waals surface area contributed by atoms with Crippen molar-refractivity contribution in [1.82, 2.24) is 0 Å². The fourth-order valence-electron chi connectivity index (χ4n) is 3.90. The first kappa shape index (κ1) is 16.7. The van der Waals surface area contributed by atoms with Crippen LogP contribution in [0.4, 0.5) is 0 Å². The first-order chi connectivity index (χ1) is 12.9. The first-order valence-electron chi connectivity index (χ1n) is 8.22. The molecule has 2 aliphatic heterocycles. The van der Waals surface area contributed by atoms with Gasteiger partial charge in [0, 0.05) is 17.2 Å². The average molecular weight is 403 g/mol. The molecule has 2 aromatic carbocycles. The Bertz CT molecular complexity index is 1070. The molecule has 0 saturated heterocycles. The smallest absolute Gasteiger partial charge is 0.340 e. The highest BCUT2D eigenvalue weighted by Gasteiger charge is 2.57. The summed E-state index contributed by atoms with van der Waals surface area (Å²) >= 11 is 12.8. The zero-order valence-corrected chi connectivity index (χ0v) is 15.2. The minimum atomic E-state index is -1.37. The Kier molecular flexibility index (Phi) is 3.41. The third-order valence-corrected chi connectivity index (χ3v) is 6.05. The second-order valence-electron chi connectivity index (χ2n) is 6.55. The molecule has 5 rings (SSSR count). The van der Waals surface area contributed by atoms with Gasteiger partial charge in [0.15, 0.2) is 5.60 Å². The monoisotopic (exact) mass is 402 g/mol. The van der Waals surface area contributed by atoms with E-state index in [1.54, 1.807) is 30.3 Å². The lowest BCUT2D eigenvalue weighted by atomic mass is 9.75. The van der Waals surface area contributed by atoms with E-state index in [0.29, 0.717) is 28.0 Å². The van der Waals surface area contributed by atoms with Crippen molar-refractivity contribution in [2.24, 2.45) is 0 Å². The third-order valence-electron chi connectivity index (χ3n) is 5.04. The van der Waals surface area contributed by atoms with E-state index < -0.39 is 23.1 Å². The molecule has 0 radical (unpaired) electrons. The number of halogens is 2. The van der Waals surface area contributed by atoms with Crippen LogP contribution < -0.4 is 4.74 Å². The lowest BCUT2D eigenvalue weighted by molar-refractivity contribution is 0.0194. The molecule has 3 aliphatic rings. The molecule has 0 aromatic heterocycles. The van der Waals surface area contributed by atoms with Gasteiger partial charge in [0.05, 0.1) is 27.6 Å². The number of aliphatic hydroxyl groups is 1. The standard InChI is InChI=1S/C20H12Cl2O5/c21-17-13(24)8-15-16(18(17)22)20(12-6-5-9(23)7-14(12)26-15)11-4-2-1-3-10(11)19(25)27-20/h1-8,13,17,23-24H. The third kappa shape index (κ3) is 2.07. The molecule has 3 atom stereocenters. The zero-order valence-electron chi connectivity index (χ0n) is 13.6. The van der Waals surface area contributed by atoms with Gasteiger partial charge in [-0.15, -0.1) is 11.6 Å². The van der Waals surface area contributed by atoms with Crippen LogP contribution >= 0.6 is 23.2 Å². The van der Waals surface area contributed by atoms with E-state index in [9.17, 15) is 15.0 Å². The molecule has 2 N–H and O–H groups in total. The van der Waals surface area contributed by atoms with Crippen molar-refractivity contribution < 1.29 is 24.5 Å². The van der Waals surface area contributed by atoms with Crippen molar-refractivity contribution in [3.05, 3.63) is 81.6 Å². The van der Waals surface area contributed by atoms with Gasteiger partial charge in [0.1, 0.15) is 17.3 Å². The Morgan fingerprint density at radius 3 is 2.70 bits per heavy atom. The van der Waals surface area contributed by atoms with E-state index in [1.165, 1.54) is 18.2 Å². The van der Waals surface area contributed by atoms with Gasteiger partial charge >= 0.3 is 5.97 Å². The van der Waals surface area contributed by atoms with Crippen molar-refractivity contribution >= 4 is 29.2 Å². The maximum absolute atomic E-state index is 12.7. The Balaban J connectivity index is 1.92. The van der Waals surface area contributed by atoms with E-state index in [-0.39, 0.29) is 16.5 Å². The van der Waals surface area contributed by atoms with Gasteiger partial charge in [-0.2, -0.15) is 0 Å². The van der Waals surface area contributed by atoms with E-state index >= 15 is 0 Å². The molecular weight excluding hydrogens is 391 g/mol. The van der Waals surface area contributed by atoms with Gasteiger partial charge in [0.2, 0.25) is 0 Å². The topological polar surface area (TPSA) is 76.0 Å². The van der Waals surface area contributed by atoms with E-state index in [2.05, 4.69) is 0 Å². The normalized spacial score (nSPS) is 28.1. The molecule has 7 heteroatoms. The summed E-state index contributed by atoms with van der Waals surface area (Å²) in [5.74, 6) is 0.0403. The quantitative estimate of drug-likeness (QED) is 0.520. The second kappa shape index (κ2) is 5.52. The van der Waals surface area contributed by atoms with Crippen molar-refractivity contribution in [3.8, 4) is 11.5 Å². The number of alkyl halides is 1. The molecule has 1 spiro atoms. The molecule has 2 heterocycles. The predicted octanol–water partition coefficient (Wildman–Crippen LogP) is 3.56. The number of hydrogen-bond acceptors (Lipinski definition) is 5. The van der Waals surface area contributed by atoms with Crippen molar-refractivity contribution in [2.45, 2.75) is 17.1 Å². The molecule has 3 unspecified atom stereocenters. The second-order valence-corrected chi connectivity index (χ2v) is 7.42. The Labute approximate surface area is 164 Å². The fourth-order valence-corrected chi connectivity index (χ4v) is 4.43. The Morgan fingerprint density at radius 2 is 1.89 bits per heavy atom. The number of phenolic OH excluding ortho intramolecular Hbond substituents is 1. The number of benzene rings is 2. The lowest BCUT2D eigenvalue weighted by Crippen LogP contribution is -2.41. The predicted molar refractivity (Wildman–Crippen MR) is 98.0 cm³/mol. The van der Waals surface area contributed by atoms with Crippen LogP contribution in [0.25, 0.3) is 0 Å². The summed E-state index contributed by atoms with van der Waals surface area (Å²) in [5.41, 5.74) is 0.539. The molecule has 0 saturated carbocycles. The van der Waals surface area contributed by atoms with Gasteiger partial charge in [-0.25, -0.2) is 4.79 Å². The van der Waals surface area contributed by atoms with Crippen LogP contribution in [0.3, 0.4) is 0 Å². The van der Waals surface area contributed by atoms with Gasteiger partial charge in [0.25, 0.3) is 0 Å². The fraction of sp³-hybridized carbons (Fsp3) is 0.150. The number of aromatic hydroxyl groups is 1. The van der Waals surface area contributed by atoms with Gasteiger partial charge in [-0.1, -0.05) is 29.8 Å². The van der Waals surface area contributed by atoms with Crippen LogP contribution in [0.5, 0.6) is 11.5 Å². The first-order valence-corrected chi connectivity index (χ1v) is 9.03. The maximum Gasteiger partial charge on any atom is 0.340 e. The molecule has 1 aliphatic carbocycles. The van der Waals surface area contributed by atoms with Gasteiger partial charge in [-0.05, 0) is 24.3 Å². The summed E-state index contributed by atoms with van der Waals surface area (Å²) in [5, 5.41) is 19.3. The molecule has 0 bridgehead atoms. The van der Waals surface area contributed by atoms with Crippen LogP contribution in [0.15, 0.2) is 64.9 Å². The zero-order chi connectivity index (χ0) is 18.9. The molecule has 0 amide bonds. The van der Waals surface area contributed by atoms with E-state index in [4.69, 9.17) is 32.7 Å². The number of aliphatic hydroxyl groups excluding tert-OH is 1. The molecular formula is C20H12Cl2O5. The van der Waals surface area contributed by atoms with Crippen molar-refractivity contribution in [2.75, 3.05) is 0 Å². The SMILES string of the molecule is O=C1OC2(C3=C(Cl)C(Cl)C(O)C=C3Oc3cc(O)ccc32)c2ccccc21. The number of carbonyl (C=O) groups is 1. The lowest BCUT2D eigenvalue weighted by Gasteiger charge is -2.41. The average Bonchev–Trinajstić information content (AvgIpc) is 2.93. The van der Waals surface area contributed by atoms with Crippen LogP contribution in [0.1, 0.15) is 21.5 Å². The van der Waals surface area contributed by atoms with Crippen molar-refractivity contribution in [1.29, 1.82) is 0 Å². The summed E-state index contributed by atoms with van der Waals surface area (Å²) < 4.78 is 11.8. The Hall–Kier alpha value is -2.47. The summed E-state index contributed by atoms with van der Waals surface area (Å²) in [6.45, 7) is 0. The van der Waals surface area contributed by atoms with E-state index in [1.807, 2.05) is 0 Å². The number of fused-ring (bicyclic) bond motifs is 6. The van der Waals surface area contributed by atoms with E-state index in [0.717, 1.165) is 0 Å². The highest BCUT2D eigenvalue weighted by atomic mass is 35.5. The molecule has 0 fully saturated rings. The number of hydrogen-bond donors (Lipinski definition) is 2. The van der Waals surface area contributed by atoms with Crippen molar-refractivity contribution in [3.63, 3.8) is 0 Å². The summed E-state index contributed by atoms with van der Waals surface area (Å²) in [7, 11) is 0. The maximum atomic E-state index is 12.7. The molecule has 2 aromatic rings. The number of rotatable bonds is 0. The molecule has 27 heavy (non-hydrogen) atoms. The minimum Gasteiger partial charge on any atom is -0.508 e. The Morgan fingerprint density at radius 1 is 1.11 bits per heavy atom. The summed E-state index contributed by atoms with van der Waals surface area (Å²) in [4.78, 5) is 12.7. The van der Waals surface area contributed by atoms with Gasteiger partial charge < -0.3 is 19.7 Å². The van der Waals surface area contributed by atoms with Crippen LogP contribution in [-0.2, 0) is 10.3 Å². The molecule has 5 nitrogen and oxygen atoms in total. The minimum absolute atomic E-state index is 0.00721. The van der Waals surface area contributed by atoms with Crippen LogP contribution in [0.2, 0.25) is 0 Å². The highest BCUT2D eigenvalue weighted by Crippen LogP contribution is 2.58. The van der Waals surface area contributed by atoms with Crippen LogP contribution in [-0.4, -0.2) is 27.7 Å². The highest BCUT2D eigenvalue weighted by molar-refractivity contribution is 6.38. The van der Waals surface area contributed by atoms with Crippen LogP contribution in [0, 0.1) is 0 Å². The number of ether oxygens (including phenoxy) is 2. The largest absolute Gasteiger partial charge is 0.508 e. The molecule has 136 valence electrons. The number of phenols is 1. The summed E-state index contributed by atoms with van der Waals surface area (Å²) in [6.07, 6.45) is 0.365. The number of esters is 1. The summed E-state index contributed by atoms with van der Waals surface area (Å²) in [6, 6.07) is 11.5. The van der Waals surface area contributed by atoms with Gasteiger partial charge in [-0.3, -0.25) is 0 Å².